The van der Waals surface area contributed by atoms with Crippen molar-refractivity contribution in [3.63, 3.8) is 0 Å². The van der Waals surface area contributed by atoms with Crippen molar-refractivity contribution in [1.82, 2.24) is 9.97 Å². The van der Waals surface area contributed by atoms with Crippen molar-refractivity contribution in [2.45, 2.75) is 46.0 Å². The maximum Gasteiger partial charge on any atom is 0.132 e. The molecule has 100 valence electrons. The molecule has 1 N–H and O–H groups in total. The Morgan fingerprint density at radius 3 is 2.78 bits per heavy atom. The number of alkyl halides is 1. The minimum Gasteiger partial charge on any atom is -0.369 e. The summed E-state index contributed by atoms with van der Waals surface area (Å²) in [5.41, 5.74) is 2.64. The van der Waals surface area contributed by atoms with Crippen molar-refractivity contribution in [2.75, 3.05) is 17.7 Å². The molecule has 0 atom stereocenters. The van der Waals surface area contributed by atoms with Crippen LogP contribution in [0, 0.1) is 5.41 Å². The van der Waals surface area contributed by atoms with Gasteiger partial charge in [0.15, 0.2) is 0 Å². The van der Waals surface area contributed by atoms with Crippen LogP contribution in [0.3, 0.4) is 0 Å². The third-order valence-electron chi connectivity index (χ3n) is 3.47. The van der Waals surface area contributed by atoms with Gasteiger partial charge in [0, 0.05) is 23.7 Å². The SMILES string of the molecule is CC(C)(CCl)CNc1ncnc2c1CCCCC2. The van der Waals surface area contributed by atoms with E-state index in [1.807, 2.05) is 0 Å². The van der Waals surface area contributed by atoms with Crippen LogP contribution in [0.4, 0.5) is 5.82 Å². The Labute approximate surface area is 114 Å². The van der Waals surface area contributed by atoms with Crippen LogP contribution in [0.25, 0.3) is 0 Å². The first-order chi connectivity index (χ1) is 8.62. The van der Waals surface area contributed by atoms with Gasteiger partial charge < -0.3 is 5.32 Å². The van der Waals surface area contributed by atoms with E-state index in [0.717, 1.165) is 25.2 Å². The van der Waals surface area contributed by atoms with Gasteiger partial charge in [-0.2, -0.15) is 0 Å². The number of fused-ring (bicyclic) bond motifs is 1. The highest BCUT2D eigenvalue weighted by Gasteiger charge is 2.19. The Bertz CT molecular complexity index is 404. The van der Waals surface area contributed by atoms with E-state index in [0.29, 0.717) is 5.88 Å². The van der Waals surface area contributed by atoms with Gasteiger partial charge in [-0.05, 0) is 31.1 Å². The molecule has 3 nitrogen and oxygen atoms in total. The molecule has 0 amide bonds. The fraction of sp³-hybridized carbons (Fsp3) is 0.714. The van der Waals surface area contributed by atoms with E-state index < -0.39 is 0 Å². The third kappa shape index (κ3) is 3.35. The van der Waals surface area contributed by atoms with Gasteiger partial charge in [0.05, 0.1) is 0 Å². The summed E-state index contributed by atoms with van der Waals surface area (Å²) in [5, 5.41) is 3.46. The van der Waals surface area contributed by atoms with Crippen molar-refractivity contribution >= 4 is 17.4 Å². The van der Waals surface area contributed by atoms with E-state index in [1.165, 1.54) is 30.5 Å². The molecule has 0 saturated carbocycles. The van der Waals surface area contributed by atoms with Crippen molar-refractivity contribution < 1.29 is 0 Å². The molecule has 0 spiro atoms. The van der Waals surface area contributed by atoms with Gasteiger partial charge in [-0.1, -0.05) is 20.3 Å². The molecule has 1 aromatic heterocycles. The average Bonchev–Trinajstić information content (AvgIpc) is 2.62. The lowest BCUT2D eigenvalue weighted by Gasteiger charge is -2.23. The molecule has 1 aromatic rings. The second kappa shape index (κ2) is 5.87. The normalized spacial score (nSPS) is 15.9. The number of rotatable bonds is 4. The molecule has 1 aliphatic rings. The molecule has 0 unspecified atom stereocenters. The third-order valence-corrected chi connectivity index (χ3v) is 4.19. The van der Waals surface area contributed by atoms with Crippen LogP contribution in [-0.4, -0.2) is 22.4 Å². The van der Waals surface area contributed by atoms with Crippen LogP contribution >= 0.6 is 11.6 Å². The first kappa shape index (κ1) is 13.6. The standard InChI is InChI=1S/C14H22ClN3/c1-14(2,8-15)9-16-13-11-6-4-3-5-7-12(11)17-10-18-13/h10H,3-9H2,1-2H3,(H,16,17,18). The molecule has 1 heterocycles. The fourth-order valence-electron chi connectivity index (χ4n) is 2.22. The van der Waals surface area contributed by atoms with Crippen LogP contribution in [0.15, 0.2) is 6.33 Å². The predicted octanol–water partition coefficient (Wildman–Crippen LogP) is 3.42. The van der Waals surface area contributed by atoms with E-state index in [4.69, 9.17) is 11.6 Å². The Morgan fingerprint density at radius 2 is 2.00 bits per heavy atom. The minimum atomic E-state index is 0.0874. The van der Waals surface area contributed by atoms with Crippen molar-refractivity contribution in [1.29, 1.82) is 0 Å². The number of halogens is 1. The summed E-state index contributed by atoms with van der Waals surface area (Å²) in [6, 6.07) is 0. The lowest BCUT2D eigenvalue weighted by molar-refractivity contribution is 0.449. The lowest BCUT2D eigenvalue weighted by atomic mass is 9.96. The highest BCUT2D eigenvalue weighted by molar-refractivity contribution is 6.18. The van der Waals surface area contributed by atoms with Gasteiger partial charge in [-0.25, -0.2) is 9.97 Å². The molecule has 0 saturated heterocycles. The van der Waals surface area contributed by atoms with Crippen LogP contribution < -0.4 is 5.32 Å². The van der Waals surface area contributed by atoms with Crippen LogP contribution in [0.1, 0.15) is 44.4 Å². The van der Waals surface area contributed by atoms with Crippen molar-refractivity contribution in [3.8, 4) is 0 Å². The van der Waals surface area contributed by atoms with E-state index >= 15 is 0 Å². The average molecular weight is 268 g/mol. The molecule has 0 aliphatic heterocycles. The number of hydrogen-bond donors (Lipinski definition) is 1. The maximum absolute atomic E-state index is 5.96. The van der Waals surface area contributed by atoms with E-state index in [-0.39, 0.29) is 5.41 Å². The van der Waals surface area contributed by atoms with Crippen molar-refractivity contribution in [3.05, 3.63) is 17.6 Å². The zero-order chi connectivity index (χ0) is 13.0. The second-order valence-corrected chi connectivity index (χ2v) is 6.13. The Hall–Kier alpha value is -0.830. The molecular weight excluding hydrogens is 246 g/mol. The lowest BCUT2D eigenvalue weighted by Crippen LogP contribution is -2.25. The van der Waals surface area contributed by atoms with Gasteiger partial charge in [-0.15, -0.1) is 11.6 Å². The summed E-state index contributed by atoms with van der Waals surface area (Å²) in [7, 11) is 0. The summed E-state index contributed by atoms with van der Waals surface area (Å²) in [6.45, 7) is 5.17. The monoisotopic (exact) mass is 267 g/mol. The van der Waals surface area contributed by atoms with E-state index in [1.54, 1.807) is 6.33 Å². The van der Waals surface area contributed by atoms with Crippen LogP contribution in [0.2, 0.25) is 0 Å². The van der Waals surface area contributed by atoms with Crippen LogP contribution in [-0.2, 0) is 12.8 Å². The van der Waals surface area contributed by atoms with E-state index in [9.17, 15) is 0 Å². The zero-order valence-electron chi connectivity index (χ0n) is 11.3. The van der Waals surface area contributed by atoms with Gasteiger partial charge in [0.1, 0.15) is 12.1 Å². The first-order valence-electron chi connectivity index (χ1n) is 6.75. The Morgan fingerprint density at radius 1 is 1.22 bits per heavy atom. The molecule has 0 bridgehead atoms. The van der Waals surface area contributed by atoms with Crippen LogP contribution in [0.5, 0.6) is 0 Å². The molecule has 2 rings (SSSR count). The highest BCUT2D eigenvalue weighted by Crippen LogP contribution is 2.25. The highest BCUT2D eigenvalue weighted by atomic mass is 35.5. The number of aromatic nitrogens is 2. The smallest absolute Gasteiger partial charge is 0.132 e. The Balaban J connectivity index is 2.13. The van der Waals surface area contributed by atoms with Gasteiger partial charge in [0.2, 0.25) is 0 Å². The number of anilines is 1. The summed E-state index contributed by atoms with van der Waals surface area (Å²) < 4.78 is 0. The molecule has 4 heteroatoms. The van der Waals surface area contributed by atoms with Gasteiger partial charge in [0.25, 0.3) is 0 Å². The number of hydrogen-bond acceptors (Lipinski definition) is 3. The molecular formula is C14H22ClN3. The fourth-order valence-corrected chi connectivity index (χ4v) is 2.32. The zero-order valence-corrected chi connectivity index (χ0v) is 12.1. The summed E-state index contributed by atoms with van der Waals surface area (Å²) in [6.07, 6.45) is 7.65. The summed E-state index contributed by atoms with van der Waals surface area (Å²) in [5.74, 6) is 1.66. The molecule has 0 fully saturated rings. The number of nitrogens with zero attached hydrogens (tertiary/aromatic N) is 2. The quantitative estimate of drug-likeness (QED) is 0.671. The first-order valence-corrected chi connectivity index (χ1v) is 7.28. The largest absolute Gasteiger partial charge is 0.369 e. The molecule has 0 radical (unpaired) electrons. The second-order valence-electron chi connectivity index (χ2n) is 5.86. The summed E-state index contributed by atoms with van der Waals surface area (Å²) in [4.78, 5) is 8.83. The minimum absolute atomic E-state index is 0.0874. The molecule has 18 heavy (non-hydrogen) atoms. The Kier molecular flexibility index (Phi) is 4.44. The molecule has 0 aromatic carbocycles. The van der Waals surface area contributed by atoms with Gasteiger partial charge in [-0.3, -0.25) is 0 Å². The number of aryl methyl sites for hydroxylation is 1. The van der Waals surface area contributed by atoms with Gasteiger partial charge >= 0.3 is 0 Å². The van der Waals surface area contributed by atoms with Crippen molar-refractivity contribution in [2.24, 2.45) is 5.41 Å². The maximum atomic E-state index is 5.96. The van der Waals surface area contributed by atoms with E-state index in [2.05, 4.69) is 29.1 Å². The molecule has 1 aliphatic carbocycles. The summed E-state index contributed by atoms with van der Waals surface area (Å²) >= 11 is 5.96. The number of nitrogens with one attached hydrogen (secondary N) is 1. The predicted molar refractivity (Wildman–Crippen MR) is 76.3 cm³/mol. The topological polar surface area (TPSA) is 37.8 Å².